The minimum absolute atomic E-state index is 0.0303. The number of ether oxygens (including phenoxy) is 2. The van der Waals surface area contributed by atoms with E-state index in [1.54, 1.807) is 76.2 Å². The first-order valence-corrected chi connectivity index (χ1v) is 15.1. The van der Waals surface area contributed by atoms with Crippen molar-refractivity contribution in [3.63, 3.8) is 0 Å². The average Bonchev–Trinajstić information content (AvgIpc) is 2.91. The maximum absolute atomic E-state index is 13.7. The van der Waals surface area contributed by atoms with E-state index in [2.05, 4.69) is 23.7 Å². The highest BCUT2D eigenvalue weighted by molar-refractivity contribution is 7.91. The summed E-state index contributed by atoms with van der Waals surface area (Å²) < 4.78 is 39.4. The van der Waals surface area contributed by atoms with Gasteiger partial charge in [0, 0.05) is 11.1 Å². The van der Waals surface area contributed by atoms with Crippen LogP contribution in [0.25, 0.3) is 0 Å². The number of benzene rings is 4. The van der Waals surface area contributed by atoms with Crippen molar-refractivity contribution in [3.8, 4) is 46.7 Å². The fourth-order valence-electron chi connectivity index (χ4n) is 4.00. The van der Waals surface area contributed by atoms with E-state index in [1.165, 1.54) is 18.2 Å². The highest BCUT2D eigenvalue weighted by Gasteiger charge is 2.23. The minimum Gasteiger partial charge on any atom is -0.457 e. The standard InChI is InChI=1S/C36H34O6S/c1-25-21-28(18-20-36(5,6)38)24-30(22-25)41-29-12-14-31(15-13-29)43(39,40)34-10-8-7-9-33(34)42-32-16-11-27(23-26(32)2)17-19-35(3,4)37/h7-16,21-24,37-38H,1-6H3. The van der Waals surface area contributed by atoms with Crippen molar-refractivity contribution in [2.45, 2.75) is 62.5 Å². The van der Waals surface area contributed by atoms with Gasteiger partial charge in [-0.05, 0) is 125 Å². The van der Waals surface area contributed by atoms with Crippen LogP contribution in [-0.4, -0.2) is 29.8 Å². The van der Waals surface area contributed by atoms with Crippen molar-refractivity contribution in [2.24, 2.45) is 0 Å². The Kier molecular flexibility index (Phi) is 9.04. The van der Waals surface area contributed by atoms with Gasteiger partial charge >= 0.3 is 0 Å². The number of sulfone groups is 1. The summed E-state index contributed by atoms with van der Waals surface area (Å²) in [6.07, 6.45) is 0. The van der Waals surface area contributed by atoms with Crippen LogP contribution in [0.5, 0.6) is 23.0 Å². The summed E-state index contributed by atoms with van der Waals surface area (Å²) in [4.78, 5) is 0.119. The molecule has 0 amide bonds. The Labute approximate surface area is 253 Å². The molecule has 0 aliphatic heterocycles. The van der Waals surface area contributed by atoms with Gasteiger partial charge in [0.05, 0.1) is 4.90 Å². The number of aliphatic hydroxyl groups is 2. The van der Waals surface area contributed by atoms with Crippen LogP contribution in [0.15, 0.2) is 94.7 Å². The molecule has 4 aromatic carbocycles. The molecule has 0 atom stereocenters. The average molecular weight is 595 g/mol. The van der Waals surface area contributed by atoms with Crippen molar-refractivity contribution >= 4 is 9.84 Å². The van der Waals surface area contributed by atoms with Gasteiger partial charge in [0.2, 0.25) is 9.84 Å². The summed E-state index contributed by atoms with van der Waals surface area (Å²) in [5.74, 6) is 13.1. The zero-order chi connectivity index (χ0) is 31.4. The molecule has 0 fully saturated rings. The van der Waals surface area contributed by atoms with E-state index >= 15 is 0 Å². The van der Waals surface area contributed by atoms with Gasteiger partial charge in [-0.25, -0.2) is 8.42 Å². The molecule has 2 N–H and O–H groups in total. The largest absolute Gasteiger partial charge is 0.457 e. The highest BCUT2D eigenvalue weighted by Crippen LogP contribution is 2.35. The van der Waals surface area contributed by atoms with E-state index < -0.39 is 21.0 Å². The number of aryl methyl sites for hydroxylation is 2. The van der Waals surface area contributed by atoms with Crippen molar-refractivity contribution in [1.29, 1.82) is 0 Å². The molecule has 0 spiro atoms. The molecular weight excluding hydrogens is 560 g/mol. The van der Waals surface area contributed by atoms with Gasteiger partial charge in [-0.15, -0.1) is 0 Å². The molecule has 0 radical (unpaired) electrons. The topological polar surface area (TPSA) is 93.1 Å². The van der Waals surface area contributed by atoms with E-state index in [0.29, 0.717) is 28.4 Å². The number of hydrogen-bond acceptors (Lipinski definition) is 6. The fraction of sp³-hybridized carbons (Fsp3) is 0.222. The zero-order valence-electron chi connectivity index (χ0n) is 25.0. The van der Waals surface area contributed by atoms with Crippen LogP contribution in [0.2, 0.25) is 0 Å². The van der Waals surface area contributed by atoms with Crippen LogP contribution in [0.4, 0.5) is 0 Å². The van der Waals surface area contributed by atoms with Crippen molar-refractivity contribution < 1.29 is 28.1 Å². The third kappa shape index (κ3) is 8.73. The van der Waals surface area contributed by atoms with Crippen LogP contribution < -0.4 is 9.47 Å². The van der Waals surface area contributed by atoms with Gasteiger partial charge in [-0.3, -0.25) is 0 Å². The summed E-state index contributed by atoms with van der Waals surface area (Å²) in [5, 5.41) is 19.8. The van der Waals surface area contributed by atoms with E-state index in [0.717, 1.165) is 11.1 Å². The Balaban J connectivity index is 1.56. The third-order valence-electron chi connectivity index (χ3n) is 5.98. The maximum Gasteiger partial charge on any atom is 0.210 e. The van der Waals surface area contributed by atoms with E-state index in [4.69, 9.17) is 9.47 Å². The molecule has 4 aromatic rings. The van der Waals surface area contributed by atoms with Crippen molar-refractivity contribution in [2.75, 3.05) is 0 Å². The van der Waals surface area contributed by atoms with Gasteiger partial charge in [0.1, 0.15) is 39.1 Å². The van der Waals surface area contributed by atoms with Crippen LogP contribution in [0.1, 0.15) is 49.9 Å². The minimum atomic E-state index is -3.93. The Morgan fingerprint density at radius 1 is 0.651 bits per heavy atom. The molecular formula is C36H34O6S. The molecule has 4 rings (SSSR count). The fourth-order valence-corrected chi connectivity index (χ4v) is 5.38. The third-order valence-corrected chi connectivity index (χ3v) is 7.79. The molecule has 7 heteroatoms. The maximum atomic E-state index is 13.7. The first-order chi connectivity index (χ1) is 20.1. The Bertz CT molecular complexity index is 1870. The molecule has 0 heterocycles. The van der Waals surface area contributed by atoms with Gasteiger partial charge in [0.15, 0.2) is 0 Å². The van der Waals surface area contributed by atoms with Gasteiger partial charge < -0.3 is 19.7 Å². The molecule has 0 aliphatic rings. The monoisotopic (exact) mass is 594 g/mol. The van der Waals surface area contributed by atoms with E-state index in [-0.39, 0.29) is 15.5 Å². The number of rotatable bonds is 6. The summed E-state index contributed by atoms with van der Waals surface area (Å²) in [5.41, 5.74) is 0.867. The first-order valence-electron chi connectivity index (χ1n) is 13.6. The predicted molar refractivity (Wildman–Crippen MR) is 167 cm³/mol. The second-order valence-electron chi connectivity index (χ2n) is 11.3. The molecule has 43 heavy (non-hydrogen) atoms. The zero-order valence-corrected chi connectivity index (χ0v) is 25.8. The van der Waals surface area contributed by atoms with Gasteiger partial charge in [-0.2, -0.15) is 0 Å². The molecule has 0 aliphatic carbocycles. The lowest BCUT2D eigenvalue weighted by Crippen LogP contribution is -2.14. The van der Waals surface area contributed by atoms with Crippen molar-refractivity contribution in [3.05, 3.63) is 107 Å². The number of hydrogen-bond donors (Lipinski definition) is 2. The summed E-state index contributed by atoms with van der Waals surface area (Å²) in [6, 6.07) is 23.5. The molecule has 0 saturated heterocycles. The predicted octanol–water partition coefficient (Wildman–Crippen LogP) is 6.97. The van der Waals surface area contributed by atoms with E-state index in [9.17, 15) is 18.6 Å². The first kappa shape index (κ1) is 31.4. The number of para-hydroxylation sites is 1. The summed E-state index contributed by atoms with van der Waals surface area (Å²) in [6.45, 7) is 10.2. The van der Waals surface area contributed by atoms with Crippen LogP contribution >= 0.6 is 0 Å². The lowest BCUT2D eigenvalue weighted by atomic mass is 10.1. The Morgan fingerprint density at radius 3 is 1.91 bits per heavy atom. The molecule has 0 saturated carbocycles. The van der Waals surface area contributed by atoms with Gasteiger partial charge in [-0.1, -0.05) is 35.8 Å². The lowest BCUT2D eigenvalue weighted by Gasteiger charge is -2.14. The van der Waals surface area contributed by atoms with Crippen LogP contribution in [0.3, 0.4) is 0 Å². The highest BCUT2D eigenvalue weighted by atomic mass is 32.2. The van der Waals surface area contributed by atoms with Crippen LogP contribution in [0, 0.1) is 37.5 Å². The summed E-state index contributed by atoms with van der Waals surface area (Å²) in [7, 11) is -3.93. The van der Waals surface area contributed by atoms with Crippen molar-refractivity contribution in [1.82, 2.24) is 0 Å². The molecule has 0 unspecified atom stereocenters. The molecule has 0 bridgehead atoms. The van der Waals surface area contributed by atoms with Gasteiger partial charge in [0.25, 0.3) is 0 Å². The van der Waals surface area contributed by atoms with E-state index in [1.807, 2.05) is 32.0 Å². The summed E-state index contributed by atoms with van der Waals surface area (Å²) >= 11 is 0. The smallest absolute Gasteiger partial charge is 0.210 e. The molecule has 6 nitrogen and oxygen atoms in total. The second-order valence-corrected chi connectivity index (χ2v) is 13.2. The van der Waals surface area contributed by atoms with Crippen LogP contribution in [-0.2, 0) is 9.84 Å². The lowest BCUT2D eigenvalue weighted by molar-refractivity contribution is 0.143. The Hall–Kier alpha value is -4.53. The molecule has 220 valence electrons. The quantitative estimate of drug-likeness (QED) is 0.234. The SMILES string of the molecule is Cc1cc(C#CC(C)(C)O)cc(Oc2ccc(S(=O)(=O)c3ccccc3Oc3ccc(C#CC(C)(C)O)cc3C)cc2)c1. The normalized spacial score (nSPS) is 11.5. The second kappa shape index (κ2) is 12.4. The molecule has 0 aromatic heterocycles. The Morgan fingerprint density at radius 2 is 1.28 bits per heavy atom.